The average molecular weight is 290 g/mol. The van der Waals surface area contributed by atoms with E-state index >= 15 is 0 Å². The summed E-state index contributed by atoms with van der Waals surface area (Å²) in [5.41, 5.74) is 5.83. The Morgan fingerprint density at radius 2 is 2.05 bits per heavy atom. The van der Waals surface area contributed by atoms with Crippen LogP contribution in [0.3, 0.4) is 0 Å². The van der Waals surface area contributed by atoms with E-state index in [0.717, 1.165) is 12.8 Å². The third-order valence-electron chi connectivity index (χ3n) is 3.66. The number of hydrogen-bond donors (Lipinski definition) is 2. The van der Waals surface area contributed by atoms with Crippen molar-refractivity contribution in [2.75, 3.05) is 6.54 Å². The number of carbonyl (C=O) groups excluding carboxylic acids is 1. The fraction of sp³-hybridized carbons (Fsp3) is 0.471. The highest BCUT2D eigenvalue weighted by atomic mass is 19.1. The molecule has 1 aromatic carbocycles. The van der Waals surface area contributed by atoms with Gasteiger partial charge < -0.3 is 11.1 Å². The second kappa shape index (κ2) is 8.43. The molecule has 0 fully saturated rings. The fourth-order valence-corrected chi connectivity index (χ4v) is 2.33. The van der Waals surface area contributed by atoms with Crippen LogP contribution in [-0.4, -0.2) is 18.5 Å². The first-order chi connectivity index (χ1) is 10.0. The van der Waals surface area contributed by atoms with Crippen molar-refractivity contribution in [2.45, 2.75) is 39.7 Å². The molecule has 114 valence electrons. The molecule has 0 aliphatic carbocycles. The van der Waals surface area contributed by atoms with Crippen molar-refractivity contribution in [3.63, 3.8) is 0 Å². The van der Waals surface area contributed by atoms with Gasteiger partial charge >= 0.3 is 0 Å². The maximum absolute atomic E-state index is 14.0. The van der Waals surface area contributed by atoms with Crippen molar-refractivity contribution >= 4 is 5.91 Å². The minimum atomic E-state index is -0.562. The second-order valence-electron chi connectivity index (χ2n) is 5.04. The van der Waals surface area contributed by atoms with E-state index in [1.165, 1.54) is 12.1 Å². The van der Waals surface area contributed by atoms with Gasteiger partial charge in [0.1, 0.15) is 5.82 Å². The van der Waals surface area contributed by atoms with Crippen molar-refractivity contribution in [1.82, 2.24) is 5.32 Å². The molecule has 0 heterocycles. The van der Waals surface area contributed by atoms with Crippen LogP contribution in [0.5, 0.6) is 0 Å². The quantitative estimate of drug-likeness (QED) is 0.819. The normalized spacial score (nSPS) is 11.7. The summed E-state index contributed by atoms with van der Waals surface area (Å²) in [5, 5.41) is 2.87. The zero-order chi connectivity index (χ0) is 15.8. The Hall–Kier alpha value is -1.86. The first kappa shape index (κ1) is 17.2. The summed E-state index contributed by atoms with van der Waals surface area (Å²) >= 11 is 0. The lowest BCUT2D eigenvalue weighted by atomic mass is 9.95. The first-order valence-corrected chi connectivity index (χ1v) is 7.32. The monoisotopic (exact) mass is 290 g/mol. The zero-order valence-corrected chi connectivity index (χ0v) is 12.9. The molecule has 1 atom stereocenters. The molecule has 1 rings (SSSR count). The van der Waals surface area contributed by atoms with Crippen LogP contribution in [-0.2, 0) is 0 Å². The van der Waals surface area contributed by atoms with Gasteiger partial charge in [0.2, 0.25) is 0 Å². The Balaban J connectivity index is 2.83. The standard InChI is InChI=1S/C17H23FN2O/c1-4-14(5-2)12(3)20-17(21)15-9-8-13(7-6-10-19)11-16(15)18/h8-9,11-12,14H,4-5,10,19H2,1-3H3,(H,20,21). The summed E-state index contributed by atoms with van der Waals surface area (Å²) in [6.45, 7) is 6.34. The molecule has 4 heteroatoms. The topological polar surface area (TPSA) is 55.1 Å². The summed E-state index contributed by atoms with van der Waals surface area (Å²) in [4.78, 5) is 12.1. The Labute approximate surface area is 126 Å². The predicted octanol–water partition coefficient (Wildman–Crippen LogP) is 2.69. The lowest BCUT2D eigenvalue weighted by molar-refractivity contribution is 0.0921. The van der Waals surface area contributed by atoms with E-state index in [-0.39, 0.29) is 24.1 Å². The number of hydrogen-bond acceptors (Lipinski definition) is 2. The number of halogens is 1. The van der Waals surface area contributed by atoms with Gasteiger partial charge in [0.25, 0.3) is 5.91 Å². The van der Waals surface area contributed by atoms with Gasteiger partial charge in [0, 0.05) is 11.6 Å². The molecule has 1 unspecified atom stereocenters. The molecule has 3 N–H and O–H groups in total. The van der Waals surface area contributed by atoms with Gasteiger partial charge in [-0.05, 0) is 31.0 Å². The van der Waals surface area contributed by atoms with E-state index in [9.17, 15) is 9.18 Å². The summed E-state index contributed by atoms with van der Waals surface area (Å²) in [6.07, 6.45) is 1.96. The lowest BCUT2D eigenvalue weighted by Gasteiger charge is -2.22. The lowest BCUT2D eigenvalue weighted by Crippen LogP contribution is -2.38. The van der Waals surface area contributed by atoms with E-state index in [0.29, 0.717) is 11.5 Å². The van der Waals surface area contributed by atoms with Crippen LogP contribution in [0.1, 0.15) is 49.5 Å². The van der Waals surface area contributed by atoms with Crippen molar-refractivity contribution < 1.29 is 9.18 Å². The summed E-state index contributed by atoms with van der Waals surface area (Å²) < 4.78 is 14.0. The Bertz CT molecular complexity index is 541. The molecule has 0 saturated heterocycles. The maximum atomic E-state index is 14.0. The second-order valence-corrected chi connectivity index (χ2v) is 5.04. The van der Waals surface area contributed by atoms with Gasteiger partial charge in [-0.15, -0.1) is 0 Å². The minimum Gasteiger partial charge on any atom is -0.349 e. The number of nitrogens with one attached hydrogen (secondary N) is 1. The number of nitrogens with two attached hydrogens (primary N) is 1. The highest BCUT2D eigenvalue weighted by molar-refractivity contribution is 5.94. The van der Waals surface area contributed by atoms with Gasteiger partial charge in [-0.25, -0.2) is 4.39 Å². The average Bonchev–Trinajstić information content (AvgIpc) is 2.46. The summed E-state index contributed by atoms with van der Waals surface area (Å²) in [6, 6.07) is 4.37. The van der Waals surface area contributed by atoms with Crippen LogP contribution in [0.2, 0.25) is 0 Å². The van der Waals surface area contributed by atoms with E-state index in [2.05, 4.69) is 31.0 Å². The molecule has 0 aliphatic rings. The molecular weight excluding hydrogens is 267 g/mol. The molecule has 21 heavy (non-hydrogen) atoms. The van der Waals surface area contributed by atoms with Crippen LogP contribution in [0.15, 0.2) is 18.2 Å². The number of amides is 1. The molecule has 0 spiro atoms. The van der Waals surface area contributed by atoms with Gasteiger partial charge in [0.15, 0.2) is 0 Å². The van der Waals surface area contributed by atoms with Gasteiger partial charge in [0.05, 0.1) is 12.1 Å². The van der Waals surface area contributed by atoms with Crippen LogP contribution in [0, 0.1) is 23.6 Å². The molecule has 1 amide bonds. The summed E-state index contributed by atoms with van der Waals surface area (Å²) in [7, 11) is 0. The Morgan fingerprint density at radius 3 is 2.57 bits per heavy atom. The largest absolute Gasteiger partial charge is 0.349 e. The number of carbonyl (C=O) groups is 1. The molecule has 0 radical (unpaired) electrons. The number of benzene rings is 1. The molecular formula is C17H23FN2O. The smallest absolute Gasteiger partial charge is 0.254 e. The van der Waals surface area contributed by atoms with Crippen LogP contribution < -0.4 is 11.1 Å². The van der Waals surface area contributed by atoms with E-state index < -0.39 is 5.82 Å². The molecule has 0 aromatic heterocycles. The highest BCUT2D eigenvalue weighted by Gasteiger charge is 2.18. The minimum absolute atomic E-state index is 0.0172. The molecule has 0 saturated carbocycles. The fourth-order valence-electron chi connectivity index (χ4n) is 2.33. The van der Waals surface area contributed by atoms with E-state index in [4.69, 9.17) is 5.73 Å². The Morgan fingerprint density at radius 1 is 1.38 bits per heavy atom. The van der Waals surface area contributed by atoms with Crippen LogP contribution in [0.4, 0.5) is 4.39 Å². The van der Waals surface area contributed by atoms with E-state index in [1.807, 2.05) is 6.92 Å². The predicted molar refractivity (Wildman–Crippen MR) is 83.3 cm³/mol. The number of rotatable bonds is 5. The Kier molecular flexibility index (Phi) is 6.90. The molecule has 3 nitrogen and oxygen atoms in total. The van der Waals surface area contributed by atoms with Crippen LogP contribution in [0.25, 0.3) is 0 Å². The van der Waals surface area contributed by atoms with Crippen molar-refractivity contribution in [3.05, 3.63) is 35.1 Å². The van der Waals surface area contributed by atoms with Gasteiger partial charge in [-0.3, -0.25) is 4.79 Å². The van der Waals surface area contributed by atoms with E-state index in [1.54, 1.807) is 6.07 Å². The van der Waals surface area contributed by atoms with Crippen molar-refractivity contribution in [1.29, 1.82) is 0 Å². The molecule has 0 bridgehead atoms. The molecule has 0 aliphatic heterocycles. The first-order valence-electron chi connectivity index (χ1n) is 7.32. The highest BCUT2D eigenvalue weighted by Crippen LogP contribution is 2.15. The van der Waals surface area contributed by atoms with Crippen LogP contribution >= 0.6 is 0 Å². The van der Waals surface area contributed by atoms with Crippen molar-refractivity contribution in [2.24, 2.45) is 11.7 Å². The summed E-state index contributed by atoms with van der Waals surface area (Å²) in [5.74, 6) is 4.84. The zero-order valence-electron chi connectivity index (χ0n) is 12.9. The van der Waals surface area contributed by atoms with Crippen molar-refractivity contribution in [3.8, 4) is 11.8 Å². The van der Waals surface area contributed by atoms with Gasteiger partial charge in [-0.1, -0.05) is 38.5 Å². The third-order valence-corrected chi connectivity index (χ3v) is 3.66. The SMILES string of the molecule is CCC(CC)C(C)NC(=O)c1ccc(C#CCN)cc1F. The molecule has 1 aromatic rings. The maximum Gasteiger partial charge on any atom is 0.254 e. The third kappa shape index (κ3) is 4.87. The van der Waals surface area contributed by atoms with Gasteiger partial charge in [-0.2, -0.15) is 0 Å².